The highest BCUT2D eigenvalue weighted by Crippen LogP contribution is 2.28. The molecule has 0 unspecified atom stereocenters. The third-order valence-corrected chi connectivity index (χ3v) is 4.69. The lowest BCUT2D eigenvalue weighted by Gasteiger charge is -2.12. The molecule has 4 nitrogen and oxygen atoms in total. The molecule has 1 heterocycles. The predicted octanol–water partition coefficient (Wildman–Crippen LogP) is 2.86. The molecule has 2 aromatic carbocycles. The highest BCUT2D eigenvalue weighted by atomic mass is 32.2. The maximum absolute atomic E-state index is 12.0. The van der Waals surface area contributed by atoms with Gasteiger partial charge in [-0.05, 0) is 37.1 Å². The highest BCUT2D eigenvalue weighted by Gasteiger charge is 2.28. The van der Waals surface area contributed by atoms with E-state index in [9.17, 15) is 8.42 Å². The monoisotopic (exact) mass is 286 g/mol. The number of hydrogen-bond acceptors (Lipinski definition) is 3. The van der Waals surface area contributed by atoms with Crippen molar-refractivity contribution in [3.8, 4) is 0 Å². The molecule has 1 N–H and O–H groups in total. The number of nitrogens with one attached hydrogen (secondary N) is 1. The summed E-state index contributed by atoms with van der Waals surface area (Å²) in [6.07, 6.45) is 0. The van der Waals surface area contributed by atoms with Crippen LogP contribution in [0.4, 0.5) is 5.69 Å². The van der Waals surface area contributed by atoms with Gasteiger partial charge in [0.25, 0.3) is 10.0 Å². The molecule has 1 aliphatic rings. The van der Waals surface area contributed by atoms with E-state index in [0.29, 0.717) is 11.4 Å². The third kappa shape index (κ3) is 2.00. The van der Waals surface area contributed by atoms with E-state index in [1.165, 1.54) is 0 Å². The Labute approximate surface area is 118 Å². The SMILES string of the molecule is Cc1cccc(C)c1NC1=NS(=O)(=O)c2ccccc21. The molecule has 2 aromatic rings. The fraction of sp³-hybridized carbons (Fsp3) is 0.133. The number of amidine groups is 1. The van der Waals surface area contributed by atoms with Crippen molar-refractivity contribution in [2.75, 3.05) is 5.32 Å². The van der Waals surface area contributed by atoms with Gasteiger partial charge >= 0.3 is 0 Å². The van der Waals surface area contributed by atoms with Crippen molar-refractivity contribution >= 4 is 21.5 Å². The molecule has 0 atom stereocenters. The highest BCUT2D eigenvalue weighted by molar-refractivity contribution is 7.90. The second-order valence-corrected chi connectivity index (χ2v) is 6.38. The lowest BCUT2D eigenvalue weighted by molar-refractivity contribution is 0.599. The molecule has 5 heteroatoms. The number of anilines is 1. The minimum Gasteiger partial charge on any atom is -0.339 e. The first-order valence-corrected chi connectivity index (χ1v) is 7.71. The van der Waals surface area contributed by atoms with Gasteiger partial charge in [0, 0.05) is 11.3 Å². The zero-order chi connectivity index (χ0) is 14.3. The summed E-state index contributed by atoms with van der Waals surface area (Å²) in [6, 6.07) is 12.8. The average molecular weight is 286 g/mol. The molecule has 1 aliphatic heterocycles. The van der Waals surface area contributed by atoms with Gasteiger partial charge in [-0.2, -0.15) is 8.42 Å². The van der Waals surface area contributed by atoms with Gasteiger partial charge in [-0.3, -0.25) is 0 Å². The largest absolute Gasteiger partial charge is 0.339 e. The molecule has 102 valence electrons. The van der Waals surface area contributed by atoms with Gasteiger partial charge in [0.05, 0.1) is 0 Å². The molecular weight excluding hydrogens is 272 g/mol. The Balaban J connectivity index is 2.10. The van der Waals surface area contributed by atoms with Crippen LogP contribution in [0.3, 0.4) is 0 Å². The Bertz CT molecular complexity index is 803. The molecule has 0 saturated heterocycles. The minimum absolute atomic E-state index is 0.258. The van der Waals surface area contributed by atoms with Gasteiger partial charge in [-0.1, -0.05) is 30.3 Å². The predicted molar refractivity (Wildman–Crippen MR) is 79.7 cm³/mol. The Morgan fingerprint density at radius 3 is 2.30 bits per heavy atom. The lowest BCUT2D eigenvalue weighted by Crippen LogP contribution is -2.13. The fourth-order valence-corrected chi connectivity index (χ4v) is 3.50. The molecule has 0 aromatic heterocycles. The summed E-state index contributed by atoms with van der Waals surface area (Å²) in [7, 11) is -3.58. The standard InChI is InChI=1S/C15H14N2O2S/c1-10-6-5-7-11(2)14(10)16-15-12-8-3-4-9-13(12)20(18,19)17-15/h3-9H,1-2H3,(H,16,17). The normalized spacial score (nSPS) is 15.6. The van der Waals surface area contributed by atoms with Crippen molar-refractivity contribution in [3.05, 3.63) is 59.2 Å². The van der Waals surface area contributed by atoms with Gasteiger partial charge in [0.2, 0.25) is 0 Å². The summed E-state index contributed by atoms with van der Waals surface area (Å²) in [5.74, 6) is 0.387. The molecule has 0 aliphatic carbocycles. The topological polar surface area (TPSA) is 58.5 Å². The van der Waals surface area contributed by atoms with E-state index in [4.69, 9.17) is 0 Å². The van der Waals surface area contributed by atoms with Crippen molar-refractivity contribution in [1.29, 1.82) is 0 Å². The number of nitrogens with zero attached hydrogens (tertiary/aromatic N) is 1. The lowest BCUT2D eigenvalue weighted by atomic mass is 10.1. The van der Waals surface area contributed by atoms with E-state index >= 15 is 0 Å². The summed E-state index contributed by atoms with van der Waals surface area (Å²) in [5.41, 5.74) is 3.62. The molecule has 20 heavy (non-hydrogen) atoms. The van der Waals surface area contributed by atoms with Crippen LogP contribution in [0, 0.1) is 13.8 Å². The maximum Gasteiger partial charge on any atom is 0.285 e. The number of benzene rings is 2. The van der Waals surface area contributed by atoms with Crippen molar-refractivity contribution in [2.24, 2.45) is 4.40 Å². The van der Waals surface area contributed by atoms with E-state index in [-0.39, 0.29) is 4.90 Å². The number of para-hydroxylation sites is 1. The van der Waals surface area contributed by atoms with Crippen LogP contribution in [-0.2, 0) is 10.0 Å². The van der Waals surface area contributed by atoms with Crippen LogP contribution in [0.25, 0.3) is 0 Å². The fourth-order valence-electron chi connectivity index (χ4n) is 2.33. The van der Waals surface area contributed by atoms with Gasteiger partial charge in [0.1, 0.15) is 4.90 Å². The van der Waals surface area contributed by atoms with Crippen molar-refractivity contribution < 1.29 is 8.42 Å². The van der Waals surface area contributed by atoms with Gasteiger partial charge in [0.15, 0.2) is 5.84 Å². The van der Waals surface area contributed by atoms with Crippen LogP contribution in [0.15, 0.2) is 51.8 Å². The second kappa shape index (κ2) is 4.45. The number of fused-ring (bicyclic) bond motifs is 1. The van der Waals surface area contributed by atoms with Crippen LogP contribution in [0.5, 0.6) is 0 Å². The van der Waals surface area contributed by atoms with E-state index in [1.54, 1.807) is 18.2 Å². The first kappa shape index (κ1) is 12.9. The Morgan fingerprint density at radius 2 is 1.60 bits per heavy atom. The van der Waals surface area contributed by atoms with Crippen LogP contribution < -0.4 is 5.32 Å². The Hall–Kier alpha value is -2.14. The first-order chi connectivity index (χ1) is 9.49. The van der Waals surface area contributed by atoms with Crippen molar-refractivity contribution in [1.82, 2.24) is 0 Å². The molecule has 0 radical (unpaired) electrons. The quantitative estimate of drug-likeness (QED) is 0.877. The number of rotatable bonds is 1. The second-order valence-electron chi connectivity index (χ2n) is 4.80. The zero-order valence-corrected chi connectivity index (χ0v) is 12.0. The van der Waals surface area contributed by atoms with E-state index in [0.717, 1.165) is 16.8 Å². The molecule has 0 bridgehead atoms. The molecule has 3 rings (SSSR count). The maximum atomic E-state index is 12.0. The summed E-state index contributed by atoms with van der Waals surface area (Å²) < 4.78 is 27.8. The molecule has 0 amide bonds. The first-order valence-electron chi connectivity index (χ1n) is 6.27. The summed E-state index contributed by atoms with van der Waals surface area (Å²) in [4.78, 5) is 0.258. The third-order valence-electron chi connectivity index (χ3n) is 3.36. The van der Waals surface area contributed by atoms with Gasteiger partial charge in [-0.25, -0.2) is 0 Å². The zero-order valence-electron chi connectivity index (χ0n) is 11.2. The van der Waals surface area contributed by atoms with Crippen molar-refractivity contribution in [3.63, 3.8) is 0 Å². The summed E-state index contributed by atoms with van der Waals surface area (Å²) >= 11 is 0. The molecule has 0 fully saturated rings. The van der Waals surface area contributed by atoms with Crippen LogP contribution >= 0.6 is 0 Å². The van der Waals surface area contributed by atoms with Gasteiger partial charge < -0.3 is 5.32 Å². The minimum atomic E-state index is -3.58. The smallest absolute Gasteiger partial charge is 0.285 e. The Morgan fingerprint density at radius 1 is 0.950 bits per heavy atom. The molecule has 0 spiro atoms. The Kier molecular flexibility index (Phi) is 2.87. The summed E-state index contributed by atoms with van der Waals surface area (Å²) in [5, 5.41) is 3.16. The van der Waals surface area contributed by atoms with E-state index in [2.05, 4.69) is 9.71 Å². The van der Waals surface area contributed by atoms with E-state index in [1.807, 2.05) is 38.1 Å². The average Bonchev–Trinajstić information content (AvgIpc) is 2.66. The van der Waals surface area contributed by atoms with Crippen molar-refractivity contribution in [2.45, 2.75) is 18.7 Å². The summed E-state index contributed by atoms with van der Waals surface area (Å²) in [6.45, 7) is 3.95. The number of sulfonamides is 1. The van der Waals surface area contributed by atoms with Crippen LogP contribution in [0.1, 0.15) is 16.7 Å². The number of aryl methyl sites for hydroxylation is 2. The molecular formula is C15H14N2O2S. The van der Waals surface area contributed by atoms with Gasteiger partial charge in [-0.15, -0.1) is 4.40 Å². The van der Waals surface area contributed by atoms with Crippen LogP contribution in [-0.4, -0.2) is 14.3 Å². The molecule has 0 saturated carbocycles. The van der Waals surface area contributed by atoms with E-state index < -0.39 is 10.0 Å². The number of hydrogen-bond donors (Lipinski definition) is 1. The van der Waals surface area contributed by atoms with Crippen LogP contribution in [0.2, 0.25) is 0 Å².